The SMILES string of the molecule is COc1cc(N)cc(N2CCCC2)n1. The fourth-order valence-corrected chi connectivity index (χ4v) is 1.72. The van der Waals surface area contributed by atoms with E-state index < -0.39 is 0 Å². The molecule has 76 valence electrons. The summed E-state index contributed by atoms with van der Waals surface area (Å²) >= 11 is 0. The van der Waals surface area contributed by atoms with Gasteiger partial charge >= 0.3 is 0 Å². The van der Waals surface area contributed by atoms with Crippen LogP contribution in [-0.4, -0.2) is 25.2 Å². The lowest BCUT2D eigenvalue weighted by atomic mass is 10.3. The number of aromatic nitrogens is 1. The Morgan fingerprint density at radius 1 is 1.36 bits per heavy atom. The van der Waals surface area contributed by atoms with Crippen molar-refractivity contribution >= 4 is 11.5 Å². The zero-order chi connectivity index (χ0) is 9.97. The lowest BCUT2D eigenvalue weighted by Gasteiger charge is -2.17. The molecule has 1 aromatic heterocycles. The minimum absolute atomic E-state index is 0.590. The average Bonchev–Trinajstić information content (AvgIpc) is 2.69. The molecule has 1 aliphatic rings. The molecule has 0 saturated carbocycles. The van der Waals surface area contributed by atoms with Crippen molar-refractivity contribution < 1.29 is 4.74 Å². The Balaban J connectivity index is 2.27. The number of pyridine rings is 1. The number of methoxy groups -OCH3 is 1. The summed E-state index contributed by atoms with van der Waals surface area (Å²) in [6, 6.07) is 3.63. The van der Waals surface area contributed by atoms with Gasteiger partial charge in [0.25, 0.3) is 0 Å². The normalized spacial score (nSPS) is 15.9. The maximum atomic E-state index is 5.76. The van der Waals surface area contributed by atoms with Crippen LogP contribution in [0.15, 0.2) is 12.1 Å². The third kappa shape index (κ3) is 1.73. The number of hydrogen-bond donors (Lipinski definition) is 1. The minimum Gasteiger partial charge on any atom is -0.481 e. The van der Waals surface area contributed by atoms with Crippen molar-refractivity contribution in [3.63, 3.8) is 0 Å². The number of rotatable bonds is 2. The van der Waals surface area contributed by atoms with Crippen molar-refractivity contribution in [1.29, 1.82) is 0 Å². The lowest BCUT2D eigenvalue weighted by molar-refractivity contribution is 0.398. The van der Waals surface area contributed by atoms with Crippen LogP contribution in [0.2, 0.25) is 0 Å². The second-order valence-electron chi connectivity index (χ2n) is 3.50. The summed E-state index contributed by atoms with van der Waals surface area (Å²) in [4.78, 5) is 6.59. The summed E-state index contributed by atoms with van der Waals surface area (Å²) < 4.78 is 5.08. The number of hydrogen-bond acceptors (Lipinski definition) is 4. The van der Waals surface area contributed by atoms with Crippen molar-refractivity contribution in [2.75, 3.05) is 30.8 Å². The molecular weight excluding hydrogens is 178 g/mol. The van der Waals surface area contributed by atoms with Gasteiger partial charge in [0.05, 0.1) is 7.11 Å². The molecule has 2 N–H and O–H groups in total. The number of nitrogens with two attached hydrogens (primary N) is 1. The Labute approximate surface area is 83.7 Å². The van der Waals surface area contributed by atoms with Crippen LogP contribution in [0.3, 0.4) is 0 Å². The highest BCUT2D eigenvalue weighted by Gasteiger charge is 2.14. The molecule has 1 aliphatic heterocycles. The zero-order valence-corrected chi connectivity index (χ0v) is 8.36. The van der Waals surface area contributed by atoms with E-state index >= 15 is 0 Å². The first kappa shape index (κ1) is 9.12. The first-order valence-corrected chi connectivity index (χ1v) is 4.86. The predicted molar refractivity (Wildman–Crippen MR) is 56.6 cm³/mol. The molecule has 0 bridgehead atoms. The third-order valence-corrected chi connectivity index (χ3v) is 2.45. The van der Waals surface area contributed by atoms with Crippen LogP contribution >= 0.6 is 0 Å². The molecule has 0 amide bonds. The molecule has 4 heteroatoms. The van der Waals surface area contributed by atoms with Crippen LogP contribution in [-0.2, 0) is 0 Å². The topological polar surface area (TPSA) is 51.4 Å². The van der Waals surface area contributed by atoms with Gasteiger partial charge in [0.15, 0.2) is 0 Å². The van der Waals surface area contributed by atoms with Gasteiger partial charge in [-0.1, -0.05) is 0 Å². The van der Waals surface area contributed by atoms with E-state index in [4.69, 9.17) is 10.5 Å². The fourth-order valence-electron chi connectivity index (χ4n) is 1.72. The van der Waals surface area contributed by atoms with Gasteiger partial charge in [-0.25, -0.2) is 0 Å². The molecule has 0 aliphatic carbocycles. The maximum absolute atomic E-state index is 5.76. The summed E-state index contributed by atoms with van der Waals surface area (Å²) in [5.74, 6) is 1.52. The molecule has 0 atom stereocenters. The van der Waals surface area contributed by atoms with Gasteiger partial charge in [0.2, 0.25) is 5.88 Å². The van der Waals surface area contributed by atoms with E-state index in [2.05, 4.69) is 9.88 Å². The molecule has 0 unspecified atom stereocenters. The van der Waals surface area contributed by atoms with Gasteiger partial charge in [-0.05, 0) is 12.8 Å². The van der Waals surface area contributed by atoms with Crippen LogP contribution in [0.5, 0.6) is 5.88 Å². The summed E-state index contributed by atoms with van der Waals surface area (Å²) in [6.07, 6.45) is 2.47. The van der Waals surface area contributed by atoms with Gasteiger partial charge in [0, 0.05) is 30.9 Å². The number of nitrogen functional groups attached to an aromatic ring is 1. The van der Waals surface area contributed by atoms with Crippen molar-refractivity contribution in [2.45, 2.75) is 12.8 Å². The van der Waals surface area contributed by atoms with Crippen LogP contribution in [0.1, 0.15) is 12.8 Å². The van der Waals surface area contributed by atoms with Crippen LogP contribution in [0.4, 0.5) is 11.5 Å². The molecule has 0 spiro atoms. The fraction of sp³-hybridized carbons (Fsp3) is 0.500. The van der Waals surface area contributed by atoms with E-state index in [1.807, 2.05) is 6.07 Å². The second kappa shape index (κ2) is 3.74. The van der Waals surface area contributed by atoms with Gasteiger partial charge < -0.3 is 15.4 Å². The van der Waals surface area contributed by atoms with Crippen molar-refractivity contribution in [2.24, 2.45) is 0 Å². The van der Waals surface area contributed by atoms with Crippen molar-refractivity contribution in [1.82, 2.24) is 4.98 Å². The third-order valence-electron chi connectivity index (χ3n) is 2.45. The van der Waals surface area contributed by atoms with E-state index in [9.17, 15) is 0 Å². The van der Waals surface area contributed by atoms with E-state index in [0.29, 0.717) is 11.6 Å². The van der Waals surface area contributed by atoms with E-state index in [1.54, 1.807) is 13.2 Å². The molecule has 0 radical (unpaired) electrons. The Morgan fingerprint density at radius 2 is 2.07 bits per heavy atom. The molecule has 2 heterocycles. The molecule has 2 rings (SSSR count). The standard InChI is InChI=1S/C10H15N3O/c1-14-10-7-8(11)6-9(12-10)13-4-2-3-5-13/h6-7H,2-5H2,1H3,(H2,11,12). The molecule has 14 heavy (non-hydrogen) atoms. The van der Waals surface area contributed by atoms with E-state index in [0.717, 1.165) is 18.9 Å². The Morgan fingerprint density at radius 3 is 2.71 bits per heavy atom. The number of nitrogens with zero attached hydrogens (tertiary/aromatic N) is 2. The number of anilines is 2. The van der Waals surface area contributed by atoms with Gasteiger partial charge in [-0.3, -0.25) is 0 Å². The van der Waals surface area contributed by atoms with Crippen LogP contribution < -0.4 is 15.4 Å². The summed E-state index contributed by atoms with van der Waals surface area (Å²) in [6.45, 7) is 2.14. The molecule has 1 saturated heterocycles. The summed E-state index contributed by atoms with van der Waals surface area (Å²) in [7, 11) is 1.61. The minimum atomic E-state index is 0.590. The molecule has 1 aromatic rings. The van der Waals surface area contributed by atoms with Crippen molar-refractivity contribution in [3.8, 4) is 5.88 Å². The molecule has 4 nitrogen and oxygen atoms in total. The lowest BCUT2D eigenvalue weighted by Crippen LogP contribution is -2.19. The first-order chi connectivity index (χ1) is 6.79. The Bertz CT molecular complexity index is 321. The highest BCUT2D eigenvalue weighted by molar-refractivity contribution is 5.54. The first-order valence-electron chi connectivity index (χ1n) is 4.86. The second-order valence-corrected chi connectivity index (χ2v) is 3.50. The van der Waals surface area contributed by atoms with Gasteiger partial charge in [-0.15, -0.1) is 0 Å². The zero-order valence-electron chi connectivity index (χ0n) is 8.36. The summed E-state index contributed by atoms with van der Waals surface area (Å²) in [5, 5.41) is 0. The predicted octanol–water partition coefficient (Wildman–Crippen LogP) is 1.27. The number of ether oxygens (including phenoxy) is 1. The molecule has 1 fully saturated rings. The quantitative estimate of drug-likeness (QED) is 0.768. The smallest absolute Gasteiger partial charge is 0.216 e. The highest BCUT2D eigenvalue weighted by atomic mass is 16.5. The van der Waals surface area contributed by atoms with Crippen molar-refractivity contribution in [3.05, 3.63) is 12.1 Å². The Kier molecular flexibility index (Phi) is 2.43. The molecular formula is C10H15N3O. The monoisotopic (exact) mass is 193 g/mol. The maximum Gasteiger partial charge on any atom is 0.216 e. The van der Waals surface area contributed by atoms with Gasteiger partial charge in [-0.2, -0.15) is 4.98 Å². The highest BCUT2D eigenvalue weighted by Crippen LogP contribution is 2.23. The van der Waals surface area contributed by atoms with Gasteiger partial charge in [0.1, 0.15) is 5.82 Å². The molecule has 0 aromatic carbocycles. The Hall–Kier alpha value is -1.45. The van der Waals surface area contributed by atoms with Crippen LogP contribution in [0.25, 0.3) is 0 Å². The largest absolute Gasteiger partial charge is 0.481 e. The van der Waals surface area contributed by atoms with E-state index in [1.165, 1.54) is 12.8 Å². The average molecular weight is 193 g/mol. The van der Waals surface area contributed by atoms with E-state index in [-0.39, 0.29) is 0 Å². The summed E-state index contributed by atoms with van der Waals surface area (Å²) in [5.41, 5.74) is 6.46. The van der Waals surface area contributed by atoms with Crippen LogP contribution in [0, 0.1) is 0 Å².